The van der Waals surface area contributed by atoms with Crippen LogP contribution in [0, 0.1) is 5.82 Å². The lowest BCUT2D eigenvalue weighted by Crippen LogP contribution is -1.82. The summed E-state index contributed by atoms with van der Waals surface area (Å²) < 4.78 is 14.1. The molecule has 13 heavy (non-hydrogen) atoms. The van der Waals surface area contributed by atoms with Crippen LogP contribution in [0.2, 0.25) is 5.02 Å². The summed E-state index contributed by atoms with van der Waals surface area (Å²) in [5.41, 5.74) is 0. The third-order valence-corrected chi connectivity index (χ3v) is 3.11. The molecule has 0 atom stereocenters. The van der Waals surface area contributed by atoms with Crippen LogP contribution in [0.1, 0.15) is 0 Å². The SMILES string of the molecule is Fc1c(Cl)c(Br)cc2ccccc12. The van der Waals surface area contributed by atoms with Crippen molar-refractivity contribution in [2.75, 3.05) is 0 Å². The quantitative estimate of drug-likeness (QED) is 0.615. The molecule has 0 radical (unpaired) electrons. The van der Waals surface area contributed by atoms with Gasteiger partial charge in [0.1, 0.15) is 0 Å². The standard InChI is InChI=1S/C10H5BrClF/c11-8-5-6-3-1-2-4-7(6)10(13)9(8)12/h1-5H. The molecule has 2 rings (SSSR count). The Kier molecular flexibility index (Phi) is 2.26. The molecule has 2 aromatic rings. The highest BCUT2D eigenvalue weighted by Gasteiger charge is 2.08. The monoisotopic (exact) mass is 258 g/mol. The fourth-order valence-corrected chi connectivity index (χ4v) is 1.82. The van der Waals surface area contributed by atoms with Crippen LogP contribution in [-0.4, -0.2) is 0 Å². The summed E-state index contributed by atoms with van der Waals surface area (Å²) in [6, 6.07) is 9.01. The van der Waals surface area contributed by atoms with E-state index >= 15 is 0 Å². The number of benzene rings is 2. The Morgan fingerprint density at radius 1 is 1.23 bits per heavy atom. The number of rotatable bonds is 0. The van der Waals surface area contributed by atoms with Gasteiger partial charge in [0, 0.05) is 9.86 Å². The zero-order valence-electron chi connectivity index (χ0n) is 6.52. The predicted molar refractivity (Wildman–Crippen MR) is 56.6 cm³/mol. The van der Waals surface area contributed by atoms with E-state index in [1.54, 1.807) is 18.2 Å². The normalized spacial score (nSPS) is 10.7. The van der Waals surface area contributed by atoms with Gasteiger partial charge in [-0.15, -0.1) is 0 Å². The van der Waals surface area contributed by atoms with Crippen LogP contribution in [0.15, 0.2) is 34.8 Å². The minimum absolute atomic E-state index is 0.138. The Labute approximate surface area is 88.4 Å². The average Bonchev–Trinajstić information content (AvgIpc) is 2.15. The first kappa shape index (κ1) is 8.97. The van der Waals surface area contributed by atoms with Gasteiger partial charge in [-0.2, -0.15) is 0 Å². The zero-order valence-corrected chi connectivity index (χ0v) is 8.86. The van der Waals surface area contributed by atoms with Crippen molar-refractivity contribution in [1.29, 1.82) is 0 Å². The molecule has 0 fully saturated rings. The summed E-state index contributed by atoms with van der Waals surface area (Å²) in [6.45, 7) is 0. The van der Waals surface area contributed by atoms with Gasteiger partial charge in [0.15, 0.2) is 5.82 Å². The maximum Gasteiger partial charge on any atom is 0.150 e. The van der Waals surface area contributed by atoms with E-state index in [0.717, 1.165) is 5.39 Å². The molecular formula is C10H5BrClF. The molecule has 0 saturated heterocycles. The summed E-state index contributed by atoms with van der Waals surface area (Å²) in [6.07, 6.45) is 0. The Morgan fingerprint density at radius 3 is 2.69 bits per heavy atom. The first-order chi connectivity index (χ1) is 6.20. The third kappa shape index (κ3) is 1.45. The smallest absolute Gasteiger partial charge is 0.150 e. The Hall–Kier alpha value is -0.600. The molecule has 2 aromatic carbocycles. The molecule has 0 aliphatic carbocycles. The van der Waals surface area contributed by atoms with Crippen LogP contribution < -0.4 is 0 Å². The van der Waals surface area contributed by atoms with Gasteiger partial charge < -0.3 is 0 Å². The van der Waals surface area contributed by atoms with E-state index in [4.69, 9.17) is 11.6 Å². The molecular weight excluding hydrogens is 254 g/mol. The van der Waals surface area contributed by atoms with Gasteiger partial charge in [-0.05, 0) is 27.4 Å². The van der Waals surface area contributed by atoms with Crippen molar-refractivity contribution in [1.82, 2.24) is 0 Å². The second-order valence-corrected chi connectivity index (χ2v) is 3.94. The van der Waals surface area contributed by atoms with Crippen LogP contribution in [0.5, 0.6) is 0 Å². The summed E-state index contributed by atoms with van der Waals surface area (Å²) in [5.74, 6) is -0.369. The van der Waals surface area contributed by atoms with Crippen LogP contribution in [0.25, 0.3) is 10.8 Å². The van der Waals surface area contributed by atoms with Crippen molar-refractivity contribution in [2.24, 2.45) is 0 Å². The molecule has 0 spiro atoms. The molecule has 0 bridgehead atoms. The molecule has 0 aromatic heterocycles. The van der Waals surface area contributed by atoms with Crippen LogP contribution >= 0.6 is 27.5 Å². The van der Waals surface area contributed by atoms with Gasteiger partial charge in [-0.1, -0.05) is 35.9 Å². The maximum absolute atomic E-state index is 13.5. The highest BCUT2D eigenvalue weighted by molar-refractivity contribution is 9.10. The van der Waals surface area contributed by atoms with Crippen molar-refractivity contribution < 1.29 is 4.39 Å². The molecule has 0 aliphatic rings. The minimum atomic E-state index is -0.369. The number of hydrogen-bond donors (Lipinski definition) is 0. The topological polar surface area (TPSA) is 0 Å². The van der Waals surface area contributed by atoms with Crippen molar-refractivity contribution in [3.05, 3.63) is 45.6 Å². The van der Waals surface area contributed by atoms with E-state index < -0.39 is 0 Å². The van der Waals surface area contributed by atoms with Gasteiger partial charge in [0.05, 0.1) is 5.02 Å². The molecule has 0 amide bonds. The van der Waals surface area contributed by atoms with E-state index in [1.165, 1.54) is 0 Å². The van der Waals surface area contributed by atoms with Gasteiger partial charge in [0.2, 0.25) is 0 Å². The molecule has 66 valence electrons. The number of halogens is 3. The van der Waals surface area contributed by atoms with Crippen molar-refractivity contribution in [2.45, 2.75) is 0 Å². The average molecular weight is 260 g/mol. The first-order valence-electron chi connectivity index (χ1n) is 3.72. The fraction of sp³-hybridized carbons (Fsp3) is 0. The molecule has 0 unspecified atom stereocenters. The second-order valence-electron chi connectivity index (χ2n) is 2.71. The van der Waals surface area contributed by atoms with Crippen LogP contribution in [0.4, 0.5) is 4.39 Å². The Balaban J connectivity index is 2.94. The molecule has 0 saturated carbocycles. The van der Waals surface area contributed by atoms with Gasteiger partial charge in [0.25, 0.3) is 0 Å². The molecule has 0 heterocycles. The Bertz CT molecular complexity index is 468. The van der Waals surface area contributed by atoms with Crippen LogP contribution in [0.3, 0.4) is 0 Å². The van der Waals surface area contributed by atoms with Gasteiger partial charge in [-0.3, -0.25) is 0 Å². The summed E-state index contributed by atoms with van der Waals surface area (Å²) >= 11 is 8.93. The Morgan fingerprint density at radius 2 is 1.92 bits per heavy atom. The lowest BCUT2D eigenvalue weighted by molar-refractivity contribution is 0.639. The highest BCUT2D eigenvalue weighted by Crippen LogP contribution is 2.31. The van der Waals surface area contributed by atoms with E-state index in [-0.39, 0.29) is 10.8 Å². The number of hydrogen-bond acceptors (Lipinski definition) is 0. The minimum Gasteiger partial charge on any atom is -0.205 e. The first-order valence-corrected chi connectivity index (χ1v) is 4.89. The highest BCUT2D eigenvalue weighted by atomic mass is 79.9. The van der Waals surface area contributed by atoms with Gasteiger partial charge in [-0.25, -0.2) is 4.39 Å². The summed E-state index contributed by atoms with van der Waals surface area (Å²) in [5, 5.41) is 1.53. The summed E-state index contributed by atoms with van der Waals surface area (Å²) in [7, 11) is 0. The largest absolute Gasteiger partial charge is 0.205 e. The zero-order chi connectivity index (χ0) is 9.42. The summed E-state index contributed by atoms with van der Waals surface area (Å²) in [4.78, 5) is 0. The van der Waals surface area contributed by atoms with Crippen molar-refractivity contribution in [3.63, 3.8) is 0 Å². The van der Waals surface area contributed by atoms with Crippen LogP contribution in [-0.2, 0) is 0 Å². The number of fused-ring (bicyclic) bond motifs is 1. The predicted octanol–water partition coefficient (Wildman–Crippen LogP) is 4.39. The fourth-order valence-electron chi connectivity index (χ4n) is 1.25. The molecule has 0 aliphatic heterocycles. The van der Waals surface area contributed by atoms with Crippen molar-refractivity contribution >= 4 is 38.3 Å². The van der Waals surface area contributed by atoms with E-state index in [9.17, 15) is 4.39 Å². The molecule has 3 heteroatoms. The van der Waals surface area contributed by atoms with E-state index in [1.807, 2.05) is 12.1 Å². The van der Waals surface area contributed by atoms with E-state index in [0.29, 0.717) is 9.86 Å². The molecule has 0 N–H and O–H groups in total. The van der Waals surface area contributed by atoms with Gasteiger partial charge >= 0.3 is 0 Å². The second kappa shape index (κ2) is 3.28. The molecule has 0 nitrogen and oxygen atoms in total. The van der Waals surface area contributed by atoms with Crippen molar-refractivity contribution in [3.8, 4) is 0 Å². The maximum atomic E-state index is 13.5. The third-order valence-electron chi connectivity index (χ3n) is 1.88. The lowest BCUT2D eigenvalue weighted by Gasteiger charge is -2.02. The van der Waals surface area contributed by atoms with E-state index in [2.05, 4.69) is 15.9 Å². The lowest BCUT2D eigenvalue weighted by atomic mass is 10.1.